The minimum absolute atomic E-state index is 0.165. The molecule has 0 saturated carbocycles. The van der Waals surface area contributed by atoms with Gasteiger partial charge in [-0.3, -0.25) is 0 Å². The highest BCUT2D eigenvalue weighted by atomic mass is 16.4. The lowest BCUT2D eigenvalue weighted by molar-refractivity contribution is -0.143. The average molecular weight is 235 g/mol. The molecule has 1 rings (SSSR count). The number of phenolic OH excluding ortho intramolecular Hbond substituents is 1. The van der Waals surface area contributed by atoms with E-state index in [4.69, 9.17) is 5.11 Å². The molecule has 0 heterocycles. The third-order valence-corrected chi connectivity index (χ3v) is 2.46. The normalized spacial score (nSPS) is 13.8. The Hall–Kier alpha value is -1.97. The molecule has 0 aliphatic carbocycles. The van der Waals surface area contributed by atoms with E-state index in [-0.39, 0.29) is 5.75 Å². The monoisotopic (exact) mass is 235 g/mol. The molecule has 92 valence electrons. The van der Waals surface area contributed by atoms with Crippen molar-refractivity contribution in [1.29, 1.82) is 0 Å². The Morgan fingerprint density at radius 1 is 1.41 bits per heavy atom. The van der Waals surface area contributed by atoms with Gasteiger partial charge in [-0.2, -0.15) is 0 Å². The fourth-order valence-corrected chi connectivity index (χ4v) is 1.67. The van der Waals surface area contributed by atoms with Crippen LogP contribution in [0.25, 0.3) is 0 Å². The van der Waals surface area contributed by atoms with Crippen LogP contribution >= 0.6 is 0 Å². The van der Waals surface area contributed by atoms with Crippen molar-refractivity contribution in [3.63, 3.8) is 0 Å². The zero-order chi connectivity index (χ0) is 13.1. The first kappa shape index (κ1) is 13.1. The summed E-state index contributed by atoms with van der Waals surface area (Å²) in [4.78, 5) is 11.3. The summed E-state index contributed by atoms with van der Waals surface area (Å²) in [6.07, 6.45) is 0.315. The molecule has 0 fully saturated rings. The lowest BCUT2D eigenvalue weighted by Gasteiger charge is -2.27. The number of carboxylic acid groups (broad SMARTS) is 1. The van der Waals surface area contributed by atoms with Crippen molar-refractivity contribution >= 4 is 5.97 Å². The Kier molecular flexibility index (Phi) is 3.78. The highest BCUT2D eigenvalue weighted by Crippen LogP contribution is 2.17. The molecule has 0 aliphatic heterocycles. The van der Waals surface area contributed by atoms with E-state index in [1.807, 2.05) is 0 Å². The second-order valence-corrected chi connectivity index (χ2v) is 4.39. The Morgan fingerprint density at radius 2 is 1.94 bits per heavy atom. The van der Waals surface area contributed by atoms with Crippen molar-refractivity contribution in [1.82, 2.24) is 5.32 Å². The van der Waals surface area contributed by atoms with E-state index in [1.165, 1.54) is 0 Å². The van der Waals surface area contributed by atoms with E-state index in [1.54, 1.807) is 38.1 Å². The molecule has 0 aromatic heterocycles. The zero-order valence-electron chi connectivity index (χ0n) is 10.0. The van der Waals surface area contributed by atoms with Gasteiger partial charge in [-0.05, 0) is 31.5 Å². The summed E-state index contributed by atoms with van der Waals surface area (Å²) in [5.74, 6) is -0.771. The van der Waals surface area contributed by atoms with Crippen molar-refractivity contribution in [3.8, 4) is 5.75 Å². The lowest BCUT2D eigenvalue weighted by Crippen LogP contribution is -2.50. The van der Waals surface area contributed by atoms with Crippen LogP contribution in [0.1, 0.15) is 19.4 Å². The van der Waals surface area contributed by atoms with Gasteiger partial charge in [-0.1, -0.05) is 18.7 Å². The fraction of sp³-hybridized carbons (Fsp3) is 0.308. The average Bonchev–Trinajstić information content (AvgIpc) is 2.20. The minimum Gasteiger partial charge on any atom is -0.508 e. The van der Waals surface area contributed by atoms with Crippen LogP contribution in [-0.4, -0.2) is 21.7 Å². The summed E-state index contributed by atoms with van der Waals surface area (Å²) in [5.41, 5.74) is 0.345. The molecule has 0 radical (unpaired) electrons. The van der Waals surface area contributed by atoms with Gasteiger partial charge in [0.25, 0.3) is 0 Å². The van der Waals surface area contributed by atoms with Crippen LogP contribution in [0.4, 0.5) is 0 Å². The molecule has 17 heavy (non-hydrogen) atoms. The van der Waals surface area contributed by atoms with Gasteiger partial charge in [0, 0.05) is 12.1 Å². The molecule has 1 aromatic rings. The standard InChI is InChI=1S/C13H17NO3/c1-9(2)14-13(3,12(16)17)8-10-4-6-11(15)7-5-10/h4-7,14-15H,1,8H2,2-3H3,(H,16,17). The number of carbonyl (C=O) groups is 1. The fourth-order valence-electron chi connectivity index (χ4n) is 1.67. The molecule has 4 heteroatoms. The molecule has 1 aromatic carbocycles. The van der Waals surface area contributed by atoms with Gasteiger partial charge in [0.15, 0.2) is 0 Å². The molecular formula is C13H17NO3. The largest absolute Gasteiger partial charge is 0.508 e. The number of hydrogen-bond acceptors (Lipinski definition) is 3. The summed E-state index contributed by atoms with van der Waals surface area (Å²) in [5, 5.41) is 21.3. The summed E-state index contributed by atoms with van der Waals surface area (Å²) in [6.45, 7) is 6.99. The Bertz CT molecular complexity index is 425. The van der Waals surface area contributed by atoms with Crippen LogP contribution in [0.15, 0.2) is 36.5 Å². The van der Waals surface area contributed by atoms with Gasteiger partial charge in [-0.25, -0.2) is 4.79 Å². The van der Waals surface area contributed by atoms with Crippen LogP contribution in [-0.2, 0) is 11.2 Å². The lowest BCUT2D eigenvalue weighted by atomic mass is 9.92. The molecular weight excluding hydrogens is 218 g/mol. The number of nitrogens with one attached hydrogen (secondary N) is 1. The van der Waals surface area contributed by atoms with E-state index in [2.05, 4.69) is 11.9 Å². The predicted octanol–water partition coefficient (Wildman–Crippen LogP) is 1.90. The maximum atomic E-state index is 11.3. The Labute approximate surface area is 101 Å². The molecule has 1 atom stereocenters. The number of rotatable bonds is 5. The molecule has 0 bridgehead atoms. The predicted molar refractivity (Wildman–Crippen MR) is 65.8 cm³/mol. The van der Waals surface area contributed by atoms with Crippen LogP contribution in [0.2, 0.25) is 0 Å². The van der Waals surface area contributed by atoms with Crippen molar-refractivity contribution in [2.24, 2.45) is 0 Å². The summed E-state index contributed by atoms with van der Waals surface area (Å²) >= 11 is 0. The highest BCUT2D eigenvalue weighted by molar-refractivity contribution is 5.79. The van der Waals surface area contributed by atoms with E-state index < -0.39 is 11.5 Å². The van der Waals surface area contributed by atoms with E-state index >= 15 is 0 Å². The number of benzene rings is 1. The molecule has 3 N–H and O–H groups in total. The van der Waals surface area contributed by atoms with Gasteiger partial charge >= 0.3 is 5.97 Å². The number of hydrogen-bond donors (Lipinski definition) is 3. The zero-order valence-corrected chi connectivity index (χ0v) is 10.0. The van der Waals surface area contributed by atoms with Crippen LogP contribution < -0.4 is 5.32 Å². The summed E-state index contributed by atoms with van der Waals surface area (Å²) in [7, 11) is 0. The van der Waals surface area contributed by atoms with Gasteiger partial charge in [-0.15, -0.1) is 0 Å². The third-order valence-electron chi connectivity index (χ3n) is 2.46. The number of aliphatic carboxylic acids is 1. The Morgan fingerprint density at radius 3 is 2.35 bits per heavy atom. The van der Waals surface area contributed by atoms with Gasteiger partial charge < -0.3 is 15.5 Å². The van der Waals surface area contributed by atoms with E-state index in [9.17, 15) is 9.90 Å². The summed E-state index contributed by atoms with van der Waals surface area (Å²) in [6, 6.07) is 6.49. The minimum atomic E-state index is -1.09. The number of carboxylic acids is 1. The molecule has 0 spiro atoms. The summed E-state index contributed by atoms with van der Waals surface area (Å²) < 4.78 is 0. The van der Waals surface area contributed by atoms with Gasteiger partial charge in [0.1, 0.15) is 11.3 Å². The van der Waals surface area contributed by atoms with E-state index in [0.29, 0.717) is 12.1 Å². The number of aromatic hydroxyl groups is 1. The third kappa shape index (κ3) is 3.52. The van der Waals surface area contributed by atoms with Crippen LogP contribution in [0.5, 0.6) is 5.75 Å². The SMILES string of the molecule is C=C(C)NC(C)(Cc1ccc(O)cc1)C(=O)O. The van der Waals surface area contributed by atoms with E-state index in [0.717, 1.165) is 5.56 Å². The maximum absolute atomic E-state index is 11.3. The number of phenols is 1. The van der Waals surface area contributed by atoms with Crippen molar-refractivity contribution < 1.29 is 15.0 Å². The smallest absolute Gasteiger partial charge is 0.329 e. The second kappa shape index (κ2) is 4.91. The van der Waals surface area contributed by atoms with Crippen molar-refractivity contribution in [2.75, 3.05) is 0 Å². The molecule has 1 unspecified atom stereocenters. The molecule has 4 nitrogen and oxygen atoms in total. The molecule has 0 amide bonds. The van der Waals surface area contributed by atoms with Crippen LogP contribution in [0.3, 0.4) is 0 Å². The first-order chi connectivity index (χ1) is 7.83. The first-order valence-electron chi connectivity index (χ1n) is 5.28. The van der Waals surface area contributed by atoms with Gasteiger partial charge in [0.05, 0.1) is 0 Å². The highest BCUT2D eigenvalue weighted by Gasteiger charge is 2.32. The topological polar surface area (TPSA) is 69.6 Å². The first-order valence-corrected chi connectivity index (χ1v) is 5.28. The van der Waals surface area contributed by atoms with Crippen molar-refractivity contribution in [3.05, 3.63) is 42.1 Å². The second-order valence-electron chi connectivity index (χ2n) is 4.39. The van der Waals surface area contributed by atoms with Crippen molar-refractivity contribution in [2.45, 2.75) is 25.8 Å². The van der Waals surface area contributed by atoms with Crippen LogP contribution in [0, 0.1) is 0 Å². The molecule has 0 aliphatic rings. The maximum Gasteiger partial charge on any atom is 0.329 e. The molecule has 0 saturated heterocycles. The quantitative estimate of drug-likeness (QED) is 0.729. The number of allylic oxidation sites excluding steroid dienone is 1. The van der Waals surface area contributed by atoms with Gasteiger partial charge in [0.2, 0.25) is 0 Å². The Balaban J connectivity index is 2.90.